The molecule has 2 aromatic rings. The quantitative estimate of drug-likeness (QED) is 0.765. The molecule has 0 amide bonds. The van der Waals surface area contributed by atoms with E-state index in [1.807, 2.05) is 0 Å². The molecule has 1 aliphatic heterocycles. The number of fused-ring (bicyclic) bond motifs is 2. The minimum atomic E-state index is -1.07. The summed E-state index contributed by atoms with van der Waals surface area (Å²) < 4.78 is 10.6. The Hall–Kier alpha value is -2.05. The summed E-state index contributed by atoms with van der Waals surface area (Å²) in [4.78, 5) is 11.9. The van der Waals surface area contributed by atoms with Gasteiger partial charge in [0.15, 0.2) is 0 Å². The molecular formula is C15H16O6. The Labute approximate surface area is 120 Å². The van der Waals surface area contributed by atoms with Crippen molar-refractivity contribution in [1.82, 2.24) is 0 Å². The number of benzene rings is 1. The first-order chi connectivity index (χ1) is 9.81. The van der Waals surface area contributed by atoms with Crippen LogP contribution in [0, 0.1) is 0 Å². The van der Waals surface area contributed by atoms with Gasteiger partial charge >= 0.3 is 5.63 Å². The second-order valence-corrected chi connectivity index (χ2v) is 5.79. The molecule has 0 saturated carbocycles. The summed E-state index contributed by atoms with van der Waals surface area (Å²) in [6, 6.07) is 3.10. The lowest BCUT2D eigenvalue weighted by atomic mass is 9.96. The number of aromatic hydroxyl groups is 1. The highest BCUT2D eigenvalue weighted by Gasteiger charge is 2.37. The molecule has 0 bridgehead atoms. The lowest BCUT2D eigenvalue weighted by molar-refractivity contribution is -0.0229. The van der Waals surface area contributed by atoms with Crippen LogP contribution < -0.4 is 10.4 Å². The molecule has 6 nitrogen and oxygen atoms in total. The van der Waals surface area contributed by atoms with Gasteiger partial charge in [-0.1, -0.05) is 0 Å². The van der Waals surface area contributed by atoms with E-state index in [9.17, 15) is 15.0 Å². The number of aliphatic hydroxyl groups excluding tert-OH is 1. The molecule has 1 aromatic heterocycles. The van der Waals surface area contributed by atoms with Gasteiger partial charge in [-0.2, -0.15) is 0 Å². The summed E-state index contributed by atoms with van der Waals surface area (Å²) in [5.74, 6) is 0.359. The van der Waals surface area contributed by atoms with Gasteiger partial charge in [-0.25, -0.2) is 4.79 Å². The molecule has 0 saturated heterocycles. The van der Waals surface area contributed by atoms with Gasteiger partial charge in [0.1, 0.15) is 35.4 Å². The number of ether oxygens (including phenoxy) is 1. The van der Waals surface area contributed by atoms with Crippen molar-refractivity contribution in [3.8, 4) is 11.5 Å². The van der Waals surface area contributed by atoms with E-state index in [-0.39, 0.29) is 16.9 Å². The monoisotopic (exact) mass is 292 g/mol. The molecule has 2 heterocycles. The third-order valence-electron chi connectivity index (χ3n) is 3.74. The average molecular weight is 292 g/mol. The molecule has 0 fully saturated rings. The molecule has 1 aromatic carbocycles. The van der Waals surface area contributed by atoms with Crippen LogP contribution >= 0.6 is 0 Å². The Morgan fingerprint density at radius 3 is 2.71 bits per heavy atom. The number of aliphatic hydroxyl groups is 2. The standard InChI is InChI=1S/C15H16O6/c1-15(2,19)11-5-9-10(21-11)4-7-3-8(6-16)20-14(18)12(7)13(9)17/h3-4,11,16-17,19H,5-6H2,1-2H3. The number of hydrogen-bond donors (Lipinski definition) is 3. The van der Waals surface area contributed by atoms with Gasteiger partial charge in [-0.05, 0) is 31.4 Å². The van der Waals surface area contributed by atoms with Crippen molar-refractivity contribution in [1.29, 1.82) is 0 Å². The van der Waals surface area contributed by atoms with Gasteiger partial charge in [0, 0.05) is 12.0 Å². The Bertz CT molecular complexity index is 768. The zero-order valence-electron chi connectivity index (χ0n) is 11.7. The molecule has 0 aliphatic carbocycles. The minimum absolute atomic E-state index is 0.0611. The maximum atomic E-state index is 11.9. The lowest BCUT2D eigenvalue weighted by Gasteiger charge is -2.24. The Morgan fingerprint density at radius 1 is 1.38 bits per heavy atom. The van der Waals surface area contributed by atoms with Crippen molar-refractivity contribution in [3.63, 3.8) is 0 Å². The van der Waals surface area contributed by atoms with Gasteiger partial charge in [-0.15, -0.1) is 0 Å². The zero-order valence-corrected chi connectivity index (χ0v) is 11.7. The van der Waals surface area contributed by atoms with Crippen LogP contribution in [0.5, 0.6) is 11.5 Å². The summed E-state index contributed by atoms with van der Waals surface area (Å²) in [7, 11) is 0. The van der Waals surface area contributed by atoms with Crippen molar-refractivity contribution < 1.29 is 24.5 Å². The van der Waals surface area contributed by atoms with Gasteiger partial charge in [0.05, 0.1) is 5.60 Å². The van der Waals surface area contributed by atoms with E-state index >= 15 is 0 Å². The third kappa shape index (κ3) is 2.16. The van der Waals surface area contributed by atoms with Crippen LogP contribution in [0.2, 0.25) is 0 Å². The van der Waals surface area contributed by atoms with Crippen molar-refractivity contribution >= 4 is 10.8 Å². The fourth-order valence-electron chi connectivity index (χ4n) is 2.56. The maximum absolute atomic E-state index is 11.9. The van der Waals surface area contributed by atoms with Crippen LogP contribution in [0.25, 0.3) is 10.8 Å². The van der Waals surface area contributed by atoms with Gasteiger partial charge < -0.3 is 24.5 Å². The van der Waals surface area contributed by atoms with Crippen molar-refractivity contribution in [2.24, 2.45) is 0 Å². The van der Waals surface area contributed by atoms with E-state index in [2.05, 4.69) is 0 Å². The molecule has 1 atom stereocenters. The summed E-state index contributed by atoms with van der Waals surface area (Å²) >= 11 is 0. The average Bonchev–Trinajstić information content (AvgIpc) is 2.82. The second-order valence-electron chi connectivity index (χ2n) is 5.79. The van der Waals surface area contributed by atoms with E-state index in [1.54, 1.807) is 19.9 Å². The molecule has 1 aliphatic rings. The summed E-state index contributed by atoms with van der Waals surface area (Å²) in [5, 5.41) is 29.9. The first kappa shape index (κ1) is 13.9. The first-order valence-corrected chi connectivity index (χ1v) is 6.62. The highest BCUT2D eigenvalue weighted by molar-refractivity contribution is 5.90. The molecular weight excluding hydrogens is 276 g/mol. The lowest BCUT2D eigenvalue weighted by Crippen LogP contribution is -2.39. The molecule has 21 heavy (non-hydrogen) atoms. The minimum Gasteiger partial charge on any atom is -0.507 e. The normalized spacial score (nSPS) is 17.8. The largest absolute Gasteiger partial charge is 0.507 e. The van der Waals surface area contributed by atoms with E-state index < -0.39 is 23.9 Å². The molecule has 0 radical (unpaired) electrons. The highest BCUT2D eigenvalue weighted by Crippen LogP contribution is 2.42. The Morgan fingerprint density at radius 2 is 2.10 bits per heavy atom. The van der Waals surface area contributed by atoms with Crippen molar-refractivity contribution in [2.75, 3.05) is 0 Å². The van der Waals surface area contributed by atoms with E-state index in [1.165, 1.54) is 6.07 Å². The number of phenols is 1. The van der Waals surface area contributed by atoms with E-state index in [4.69, 9.17) is 14.3 Å². The topological polar surface area (TPSA) is 100 Å². The fraction of sp³-hybridized carbons (Fsp3) is 0.400. The van der Waals surface area contributed by atoms with Crippen LogP contribution in [-0.4, -0.2) is 27.0 Å². The van der Waals surface area contributed by atoms with Crippen molar-refractivity contribution in [2.45, 2.75) is 38.6 Å². The number of rotatable bonds is 2. The van der Waals surface area contributed by atoms with E-state index in [0.29, 0.717) is 23.1 Å². The Kier molecular flexibility index (Phi) is 2.96. The third-order valence-corrected chi connectivity index (χ3v) is 3.74. The highest BCUT2D eigenvalue weighted by atomic mass is 16.5. The molecule has 6 heteroatoms. The number of phenolic OH excluding ortho intramolecular Hbond substituents is 1. The zero-order chi connectivity index (χ0) is 15.4. The molecule has 1 unspecified atom stereocenters. The fourth-order valence-corrected chi connectivity index (χ4v) is 2.56. The predicted molar refractivity (Wildman–Crippen MR) is 74.5 cm³/mol. The van der Waals surface area contributed by atoms with Gasteiger partial charge in [-0.3, -0.25) is 0 Å². The molecule has 3 rings (SSSR count). The summed E-state index contributed by atoms with van der Waals surface area (Å²) in [6.45, 7) is 2.84. The Balaban J connectivity index is 2.21. The van der Waals surface area contributed by atoms with Crippen LogP contribution in [0.1, 0.15) is 25.2 Å². The van der Waals surface area contributed by atoms with Crippen LogP contribution in [0.4, 0.5) is 0 Å². The first-order valence-electron chi connectivity index (χ1n) is 6.62. The second kappa shape index (κ2) is 4.47. The summed E-state index contributed by atoms with van der Waals surface area (Å²) in [5.41, 5.74) is -1.29. The molecule has 112 valence electrons. The van der Waals surface area contributed by atoms with Crippen LogP contribution in [0.3, 0.4) is 0 Å². The predicted octanol–water partition coefficient (Wildman–Crippen LogP) is 1.07. The van der Waals surface area contributed by atoms with Crippen LogP contribution in [-0.2, 0) is 13.0 Å². The van der Waals surface area contributed by atoms with Crippen LogP contribution in [0.15, 0.2) is 21.3 Å². The van der Waals surface area contributed by atoms with Gasteiger partial charge in [0.25, 0.3) is 0 Å². The molecule has 0 spiro atoms. The van der Waals surface area contributed by atoms with E-state index in [0.717, 1.165) is 0 Å². The number of hydrogen-bond acceptors (Lipinski definition) is 6. The summed E-state index contributed by atoms with van der Waals surface area (Å²) in [6.07, 6.45) is -0.193. The maximum Gasteiger partial charge on any atom is 0.347 e. The molecule has 3 N–H and O–H groups in total. The smallest absolute Gasteiger partial charge is 0.347 e. The van der Waals surface area contributed by atoms with Gasteiger partial charge in [0.2, 0.25) is 0 Å². The van der Waals surface area contributed by atoms with Crippen molar-refractivity contribution in [3.05, 3.63) is 33.9 Å². The SMILES string of the molecule is CC(C)(O)C1Cc2c(cc3cc(CO)oc(=O)c3c2O)O1.